The van der Waals surface area contributed by atoms with Crippen molar-refractivity contribution in [2.45, 2.75) is 17.2 Å². The van der Waals surface area contributed by atoms with Crippen molar-refractivity contribution in [2.75, 3.05) is 26.5 Å². The molecule has 2 aromatic carbocycles. The van der Waals surface area contributed by atoms with E-state index in [1.807, 2.05) is 0 Å². The summed E-state index contributed by atoms with van der Waals surface area (Å²) in [4.78, 5) is 20.6. The SMILES string of the molecule is COc1ccc(OC)c([C@@H]2SCCN2S(=O)(=O)c2cc([N+](=O)[O-])c(C)c([N+](=O)[O-])c2)c1. The van der Waals surface area contributed by atoms with Gasteiger partial charge in [0.2, 0.25) is 10.0 Å². The van der Waals surface area contributed by atoms with E-state index < -0.39 is 41.5 Å². The predicted molar refractivity (Wildman–Crippen MR) is 113 cm³/mol. The second kappa shape index (κ2) is 8.69. The first-order valence-corrected chi connectivity index (χ1v) is 11.4. The third-order valence-electron chi connectivity index (χ3n) is 4.88. The molecule has 0 spiro atoms. The second-order valence-electron chi connectivity index (χ2n) is 6.55. The van der Waals surface area contributed by atoms with E-state index in [4.69, 9.17) is 9.47 Å². The van der Waals surface area contributed by atoms with Crippen molar-refractivity contribution in [1.82, 2.24) is 4.31 Å². The molecule has 0 aliphatic carbocycles. The molecular formula is C18H19N3O8S2. The van der Waals surface area contributed by atoms with Gasteiger partial charge in [-0.15, -0.1) is 11.8 Å². The summed E-state index contributed by atoms with van der Waals surface area (Å²) in [6, 6.07) is 6.71. The van der Waals surface area contributed by atoms with E-state index in [1.165, 1.54) is 32.9 Å². The molecule has 0 amide bonds. The molecule has 1 aliphatic rings. The van der Waals surface area contributed by atoms with Gasteiger partial charge in [0.15, 0.2) is 0 Å². The number of ether oxygens (including phenoxy) is 2. The Labute approximate surface area is 182 Å². The van der Waals surface area contributed by atoms with Gasteiger partial charge in [0.1, 0.15) is 17.1 Å². The van der Waals surface area contributed by atoms with Gasteiger partial charge >= 0.3 is 0 Å². The van der Waals surface area contributed by atoms with Crippen LogP contribution in [0, 0.1) is 27.2 Å². The summed E-state index contributed by atoms with van der Waals surface area (Å²) >= 11 is 1.34. The number of methoxy groups -OCH3 is 2. The maximum Gasteiger partial charge on any atom is 0.280 e. The highest BCUT2D eigenvalue weighted by atomic mass is 32.2. The van der Waals surface area contributed by atoms with Gasteiger partial charge in [-0.05, 0) is 25.1 Å². The fraction of sp³-hybridized carbons (Fsp3) is 0.333. The predicted octanol–water partition coefficient (Wildman–Crippen LogP) is 3.26. The van der Waals surface area contributed by atoms with E-state index in [0.29, 0.717) is 22.8 Å². The fourth-order valence-corrected chi connectivity index (χ4v) is 6.59. The van der Waals surface area contributed by atoms with E-state index >= 15 is 0 Å². The maximum absolute atomic E-state index is 13.4. The van der Waals surface area contributed by atoms with Crippen molar-refractivity contribution < 1.29 is 27.7 Å². The lowest BCUT2D eigenvalue weighted by atomic mass is 10.1. The number of rotatable bonds is 7. The van der Waals surface area contributed by atoms with Gasteiger partial charge in [-0.2, -0.15) is 4.31 Å². The number of sulfonamides is 1. The summed E-state index contributed by atoms with van der Waals surface area (Å²) in [5.41, 5.74) is -0.926. The lowest BCUT2D eigenvalue weighted by molar-refractivity contribution is -0.395. The lowest BCUT2D eigenvalue weighted by Crippen LogP contribution is -2.31. The van der Waals surface area contributed by atoms with Crippen LogP contribution >= 0.6 is 11.8 Å². The van der Waals surface area contributed by atoms with Crippen LogP contribution in [0.1, 0.15) is 16.5 Å². The van der Waals surface area contributed by atoms with Crippen LogP contribution in [0.3, 0.4) is 0 Å². The van der Waals surface area contributed by atoms with E-state index in [0.717, 1.165) is 16.4 Å². The molecule has 11 nitrogen and oxygen atoms in total. The number of hydrogen-bond donors (Lipinski definition) is 0. The van der Waals surface area contributed by atoms with Crippen LogP contribution in [0.5, 0.6) is 11.5 Å². The molecule has 0 bridgehead atoms. The zero-order chi connectivity index (χ0) is 22.9. The van der Waals surface area contributed by atoms with E-state index in [9.17, 15) is 28.6 Å². The van der Waals surface area contributed by atoms with Crippen LogP contribution in [0.25, 0.3) is 0 Å². The Kier molecular flexibility index (Phi) is 6.38. The van der Waals surface area contributed by atoms with Crippen LogP contribution < -0.4 is 9.47 Å². The van der Waals surface area contributed by atoms with Crippen molar-refractivity contribution in [1.29, 1.82) is 0 Å². The monoisotopic (exact) mass is 469 g/mol. The van der Waals surface area contributed by atoms with Crippen LogP contribution in [-0.2, 0) is 10.0 Å². The van der Waals surface area contributed by atoms with Crippen LogP contribution in [-0.4, -0.2) is 49.1 Å². The molecule has 0 saturated carbocycles. The quantitative estimate of drug-likeness (QED) is 0.441. The Hall–Kier alpha value is -2.90. The van der Waals surface area contributed by atoms with E-state index in [-0.39, 0.29) is 12.1 Å². The standard InChI is InChI=1S/C18H19N3O8S2/c1-11-15(20(22)23)9-13(10-16(11)21(24)25)31(26,27)19-6-7-30-18(19)14-8-12(28-2)4-5-17(14)29-3/h4-5,8-10,18H,6-7H2,1-3H3/t18-/m0/s1. The first-order valence-electron chi connectivity index (χ1n) is 8.90. The van der Waals surface area contributed by atoms with E-state index in [2.05, 4.69) is 0 Å². The first-order chi connectivity index (χ1) is 14.6. The van der Waals surface area contributed by atoms with E-state index in [1.54, 1.807) is 18.2 Å². The number of benzene rings is 2. The summed E-state index contributed by atoms with van der Waals surface area (Å²) in [6.45, 7) is 1.33. The summed E-state index contributed by atoms with van der Waals surface area (Å²) in [7, 11) is -1.37. The summed E-state index contributed by atoms with van der Waals surface area (Å²) < 4.78 is 38.6. The molecule has 1 aliphatic heterocycles. The molecular weight excluding hydrogens is 450 g/mol. The molecule has 1 saturated heterocycles. The van der Waals surface area contributed by atoms with Crippen molar-refractivity contribution in [3.8, 4) is 11.5 Å². The average molecular weight is 469 g/mol. The van der Waals surface area contributed by atoms with Crippen LogP contribution in [0.15, 0.2) is 35.2 Å². The number of hydrogen-bond acceptors (Lipinski definition) is 9. The first kappa shape index (κ1) is 22.8. The highest BCUT2D eigenvalue weighted by Gasteiger charge is 2.40. The molecule has 1 heterocycles. The van der Waals surface area contributed by atoms with Gasteiger partial charge in [0.25, 0.3) is 11.4 Å². The largest absolute Gasteiger partial charge is 0.497 e. The normalized spacial score (nSPS) is 16.8. The Morgan fingerprint density at radius 2 is 1.68 bits per heavy atom. The van der Waals surface area contributed by atoms with Gasteiger partial charge < -0.3 is 9.47 Å². The molecule has 2 aromatic rings. The molecule has 31 heavy (non-hydrogen) atoms. The third kappa shape index (κ3) is 4.16. The minimum absolute atomic E-state index is 0.119. The second-order valence-corrected chi connectivity index (χ2v) is 9.63. The Bertz CT molecular complexity index is 1120. The number of nitro groups is 2. The molecule has 3 rings (SSSR count). The Balaban J connectivity index is 2.14. The lowest BCUT2D eigenvalue weighted by Gasteiger charge is -2.25. The highest BCUT2D eigenvalue weighted by molar-refractivity contribution is 8.01. The zero-order valence-corrected chi connectivity index (χ0v) is 18.4. The average Bonchev–Trinajstić information content (AvgIpc) is 3.23. The number of nitro benzene ring substituents is 2. The smallest absolute Gasteiger partial charge is 0.280 e. The molecule has 13 heteroatoms. The summed E-state index contributed by atoms with van der Waals surface area (Å²) in [5.74, 6) is 1.41. The molecule has 0 unspecified atom stereocenters. The van der Waals surface area contributed by atoms with Crippen LogP contribution in [0.4, 0.5) is 11.4 Å². The molecule has 0 radical (unpaired) electrons. The minimum atomic E-state index is -4.30. The molecule has 166 valence electrons. The summed E-state index contributed by atoms with van der Waals surface area (Å²) in [5, 5.41) is 22.1. The Morgan fingerprint density at radius 3 is 2.19 bits per heavy atom. The topological polar surface area (TPSA) is 142 Å². The van der Waals surface area contributed by atoms with Crippen molar-refractivity contribution >= 4 is 33.2 Å². The summed E-state index contributed by atoms with van der Waals surface area (Å²) in [6.07, 6.45) is 0. The van der Waals surface area contributed by atoms with Gasteiger partial charge in [0.05, 0.1) is 34.3 Å². The molecule has 0 N–H and O–H groups in total. The van der Waals surface area contributed by atoms with Crippen molar-refractivity contribution in [2.24, 2.45) is 0 Å². The number of thioether (sulfide) groups is 1. The molecule has 0 aromatic heterocycles. The third-order valence-corrected chi connectivity index (χ3v) is 8.10. The van der Waals surface area contributed by atoms with Gasteiger partial charge in [0, 0.05) is 30.0 Å². The van der Waals surface area contributed by atoms with Crippen LogP contribution in [0.2, 0.25) is 0 Å². The van der Waals surface area contributed by atoms with Gasteiger partial charge in [-0.25, -0.2) is 8.42 Å². The molecule has 1 atom stereocenters. The van der Waals surface area contributed by atoms with Gasteiger partial charge in [-0.3, -0.25) is 20.2 Å². The maximum atomic E-state index is 13.4. The highest BCUT2D eigenvalue weighted by Crippen LogP contribution is 2.46. The van der Waals surface area contributed by atoms with Crippen molar-refractivity contribution in [3.05, 3.63) is 61.7 Å². The Morgan fingerprint density at radius 1 is 1.06 bits per heavy atom. The van der Waals surface area contributed by atoms with Crippen molar-refractivity contribution in [3.63, 3.8) is 0 Å². The fourth-order valence-electron chi connectivity index (χ4n) is 3.30. The number of nitrogens with zero attached hydrogens (tertiary/aromatic N) is 3. The minimum Gasteiger partial charge on any atom is -0.497 e. The zero-order valence-electron chi connectivity index (χ0n) is 16.8. The van der Waals surface area contributed by atoms with Gasteiger partial charge in [-0.1, -0.05) is 0 Å². The molecule has 1 fully saturated rings.